The molecule has 0 saturated heterocycles. The van der Waals surface area contributed by atoms with Crippen LogP contribution in [0.5, 0.6) is 0 Å². The summed E-state index contributed by atoms with van der Waals surface area (Å²) in [6.45, 7) is 18.1. The van der Waals surface area contributed by atoms with Crippen molar-refractivity contribution in [3.05, 3.63) is 6.29 Å². The first-order valence-electron chi connectivity index (χ1n) is 7.22. The summed E-state index contributed by atoms with van der Waals surface area (Å²) in [4.78, 5) is 7.25. The van der Waals surface area contributed by atoms with Crippen molar-refractivity contribution in [3.63, 3.8) is 0 Å². The van der Waals surface area contributed by atoms with Gasteiger partial charge in [-0.1, -0.05) is 55.4 Å². The van der Waals surface area contributed by atoms with E-state index in [2.05, 4.69) is 84.2 Å². The van der Waals surface area contributed by atoms with Crippen LogP contribution in [0.2, 0.25) is 0 Å². The molecule has 3 heteroatoms. The van der Waals surface area contributed by atoms with Crippen molar-refractivity contribution in [1.29, 1.82) is 0 Å². The predicted octanol–water partition coefficient (Wildman–Crippen LogP) is 3.23. The van der Waals surface area contributed by atoms with E-state index in [-0.39, 0.29) is 0 Å². The Bertz CT molecular complexity index is 186. The van der Waals surface area contributed by atoms with Crippen molar-refractivity contribution in [1.82, 2.24) is 14.7 Å². The zero-order valence-corrected chi connectivity index (χ0v) is 14.2. The fraction of sp³-hybridized carbons (Fsp3) is 0.933. The maximum atomic E-state index is 2.50. The molecule has 18 heavy (non-hydrogen) atoms. The van der Waals surface area contributed by atoms with Gasteiger partial charge in [0.1, 0.15) is 0 Å². The van der Waals surface area contributed by atoms with Gasteiger partial charge in [0.2, 0.25) is 0 Å². The molecule has 0 fully saturated rings. The Kier molecular flexibility index (Phi) is 7.41. The van der Waals surface area contributed by atoms with E-state index in [1.165, 1.54) is 6.29 Å². The predicted molar refractivity (Wildman–Crippen MR) is 81.2 cm³/mol. The topological polar surface area (TPSA) is 9.72 Å². The average Bonchev–Trinajstić information content (AvgIpc) is 2.13. The molecule has 0 aromatic heterocycles. The van der Waals surface area contributed by atoms with E-state index >= 15 is 0 Å². The molecule has 0 aromatic carbocycles. The van der Waals surface area contributed by atoms with Crippen LogP contribution >= 0.6 is 0 Å². The molecule has 0 unspecified atom stereocenters. The molecule has 0 spiro atoms. The van der Waals surface area contributed by atoms with E-state index in [9.17, 15) is 0 Å². The lowest BCUT2D eigenvalue weighted by atomic mass is 10.1. The number of hydrogen-bond donors (Lipinski definition) is 0. The molecule has 0 N–H and O–H groups in total. The molecule has 0 aliphatic rings. The van der Waals surface area contributed by atoms with Crippen molar-refractivity contribution in [2.24, 2.45) is 0 Å². The molecule has 0 aliphatic heterocycles. The first kappa shape index (κ1) is 17.9. The molecule has 3 nitrogen and oxygen atoms in total. The molecule has 0 rings (SSSR count). The van der Waals surface area contributed by atoms with Crippen molar-refractivity contribution >= 4 is 0 Å². The summed E-state index contributed by atoms with van der Waals surface area (Å²) < 4.78 is 0. The minimum Gasteiger partial charge on any atom is -0.431 e. The zero-order chi connectivity index (χ0) is 14.6. The zero-order valence-electron chi connectivity index (χ0n) is 14.2. The van der Waals surface area contributed by atoms with Gasteiger partial charge in [0, 0.05) is 0 Å². The Labute approximate surface area is 115 Å². The molecule has 0 heterocycles. The Hall–Kier alpha value is -0.120. The third-order valence-electron chi connectivity index (χ3n) is 3.09. The number of rotatable bonds is 7. The Balaban J connectivity index is 5.37. The van der Waals surface area contributed by atoms with E-state index in [4.69, 9.17) is 0 Å². The number of hydrogen-bond acceptors (Lipinski definition) is 3. The third kappa shape index (κ3) is 4.52. The van der Waals surface area contributed by atoms with Crippen LogP contribution in [-0.4, -0.2) is 53.0 Å². The van der Waals surface area contributed by atoms with Crippen molar-refractivity contribution < 1.29 is 0 Å². The fourth-order valence-corrected chi connectivity index (χ4v) is 2.71. The van der Waals surface area contributed by atoms with Crippen LogP contribution in [-0.2, 0) is 0 Å². The normalized spacial score (nSPS) is 13.7. The Morgan fingerprint density at radius 1 is 0.556 bits per heavy atom. The summed E-state index contributed by atoms with van der Waals surface area (Å²) >= 11 is 0. The Morgan fingerprint density at radius 2 is 0.778 bits per heavy atom. The average molecular weight is 256 g/mol. The van der Waals surface area contributed by atoms with Crippen LogP contribution in [0.25, 0.3) is 0 Å². The highest BCUT2D eigenvalue weighted by Gasteiger charge is 2.22. The Morgan fingerprint density at radius 3 is 0.889 bits per heavy atom. The highest BCUT2D eigenvalue weighted by molar-refractivity contribution is 4.94. The minimum absolute atomic E-state index is 0.502. The molecule has 0 atom stereocenters. The van der Waals surface area contributed by atoms with Crippen LogP contribution in [0.1, 0.15) is 55.4 Å². The van der Waals surface area contributed by atoms with Crippen LogP contribution in [0.15, 0.2) is 0 Å². The van der Waals surface area contributed by atoms with Gasteiger partial charge in [0.05, 0.1) is 0 Å². The van der Waals surface area contributed by atoms with Crippen LogP contribution < -0.4 is 0 Å². The summed E-state index contributed by atoms with van der Waals surface area (Å²) in [7, 11) is 4.29. The summed E-state index contributed by atoms with van der Waals surface area (Å²) in [5, 5.41) is 0. The van der Waals surface area contributed by atoms with Gasteiger partial charge in [-0.25, -0.2) is 0 Å². The summed E-state index contributed by atoms with van der Waals surface area (Å²) in [6.07, 6.45) is 1.32. The lowest BCUT2D eigenvalue weighted by molar-refractivity contribution is -0.0190. The lowest BCUT2D eigenvalue weighted by Crippen LogP contribution is -2.57. The standard InChI is InChI=1S/C15H34N3/c1-11(2)17(12(3)4)15(16(9)10)18(13(5)6)14(7)8/h11-14H,1-10H3/q-1. The molecule has 0 saturated carbocycles. The van der Waals surface area contributed by atoms with Gasteiger partial charge < -0.3 is 14.7 Å². The fourth-order valence-electron chi connectivity index (χ4n) is 2.71. The first-order chi connectivity index (χ1) is 8.11. The van der Waals surface area contributed by atoms with E-state index in [1.807, 2.05) is 0 Å². The first-order valence-corrected chi connectivity index (χ1v) is 7.22. The van der Waals surface area contributed by atoms with Gasteiger partial charge in [-0.15, -0.1) is 6.29 Å². The SMILES string of the molecule is CC(C)N([C-](N(C)C)N(C(C)C)C(C)C)C(C)C. The van der Waals surface area contributed by atoms with Gasteiger partial charge in [-0.05, 0) is 38.3 Å². The van der Waals surface area contributed by atoms with E-state index in [0.717, 1.165) is 0 Å². The second kappa shape index (κ2) is 7.46. The monoisotopic (exact) mass is 256 g/mol. The van der Waals surface area contributed by atoms with Crippen molar-refractivity contribution in [3.8, 4) is 0 Å². The maximum Gasteiger partial charge on any atom is -0.0216 e. The van der Waals surface area contributed by atoms with E-state index in [0.29, 0.717) is 24.2 Å². The van der Waals surface area contributed by atoms with E-state index < -0.39 is 0 Å². The molecule has 0 bridgehead atoms. The van der Waals surface area contributed by atoms with Gasteiger partial charge in [-0.3, -0.25) is 0 Å². The van der Waals surface area contributed by atoms with Crippen LogP contribution in [0, 0.1) is 6.29 Å². The minimum atomic E-state index is 0.502. The largest absolute Gasteiger partial charge is 0.431 e. The van der Waals surface area contributed by atoms with Gasteiger partial charge >= 0.3 is 0 Å². The smallest absolute Gasteiger partial charge is 0.0216 e. The van der Waals surface area contributed by atoms with Crippen molar-refractivity contribution in [2.75, 3.05) is 14.1 Å². The van der Waals surface area contributed by atoms with Crippen LogP contribution in [0.4, 0.5) is 0 Å². The molecule has 0 radical (unpaired) electrons. The molecular weight excluding hydrogens is 222 g/mol. The summed E-state index contributed by atoms with van der Waals surface area (Å²) in [6, 6.07) is 2.01. The number of nitrogens with zero attached hydrogens (tertiary/aromatic N) is 3. The maximum absolute atomic E-state index is 2.50. The van der Waals surface area contributed by atoms with Crippen molar-refractivity contribution in [2.45, 2.75) is 79.6 Å². The van der Waals surface area contributed by atoms with Gasteiger partial charge in [-0.2, -0.15) is 0 Å². The van der Waals surface area contributed by atoms with E-state index in [1.54, 1.807) is 0 Å². The summed E-state index contributed by atoms with van der Waals surface area (Å²) in [5.74, 6) is 0. The molecular formula is C15H34N3-. The lowest BCUT2D eigenvalue weighted by Gasteiger charge is -2.63. The molecule has 0 aliphatic carbocycles. The molecule has 110 valence electrons. The summed E-state index contributed by atoms with van der Waals surface area (Å²) in [5.41, 5.74) is 0. The second-order valence-electron chi connectivity index (χ2n) is 6.38. The van der Waals surface area contributed by atoms with Gasteiger partial charge in [0.15, 0.2) is 0 Å². The van der Waals surface area contributed by atoms with Gasteiger partial charge in [0.25, 0.3) is 0 Å². The quantitative estimate of drug-likeness (QED) is 0.648. The highest BCUT2D eigenvalue weighted by atomic mass is 15.5. The molecule has 0 amide bonds. The molecule has 0 aromatic rings. The third-order valence-corrected chi connectivity index (χ3v) is 3.09. The highest BCUT2D eigenvalue weighted by Crippen LogP contribution is 2.26. The van der Waals surface area contributed by atoms with Crippen LogP contribution in [0.3, 0.4) is 0 Å². The second-order valence-corrected chi connectivity index (χ2v) is 6.38.